The maximum atomic E-state index is 11.0. The van der Waals surface area contributed by atoms with Crippen molar-refractivity contribution in [2.75, 3.05) is 5.73 Å². The highest BCUT2D eigenvalue weighted by Gasteiger charge is 2.36. The Labute approximate surface area is 167 Å². The Bertz CT molecular complexity index is 1310. The molecular formula is C23H17N5O. The molecule has 0 saturated carbocycles. The lowest BCUT2D eigenvalue weighted by Gasteiger charge is -2.15. The first-order valence-electron chi connectivity index (χ1n) is 9.30. The van der Waals surface area contributed by atoms with Crippen LogP contribution in [0.15, 0.2) is 61.1 Å². The molecular weight excluding hydrogens is 362 g/mol. The van der Waals surface area contributed by atoms with E-state index in [9.17, 15) is 5.11 Å². The van der Waals surface area contributed by atoms with Gasteiger partial charge in [-0.3, -0.25) is 4.98 Å². The van der Waals surface area contributed by atoms with Crippen molar-refractivity contribution in [1.29, 1.82) is 0 Å². The van der Waals surface area contributed by atoms with Gasteiger partial charge in [-0.05, 0) is 42.7 Å². The highest BCUT2D eigenvalue weighted by atomic mass is 16.3. The van der Waals surface area contributed by atoms with Crippen LogP contribution in [0.2, 0.25) is 0 Å². The van der Waals surface area contributed by atoms with Crippen LogP contribution in [-0.2, 0) is 12.0 Å². The van der Waals surface area contributed by atoms with Crippen LogP contribution >= 0.6 is 0 Å². The number of nitrogens with zero attached hydrogens (tertiary/aromatic N) is 4. The average Bonchev–Trinajstić information content (AvgIpc) is 3.10. The van der Waals surface area contributed by atoms with Crippen molar-refractivity contribution in [3.63, 3.8) is 0 Å². The van der Waals surface area contributed by atoms with Crippen LogP contribution in [0, 0.1) is 11.8 Å². The van der Waals surface area contributed by atoms with Gasteiger partial charge in [-0.2, -0.15) is 0 Å². The molecule has 3 heterocycles. The normalized spacial score (nSPS) is 17.6. The van der Waals surface area contributed by atoms with Crippen LogP contribution in [0.4, 0.5) is 5.82 Å². The number of pyridine rings is 2. The molecule has 0 spiro atoms. The molecule has 3 N–H and O–H groups in total. The number of rotatable bonds is 1. The summed E-state index contributed by atoms with van der Waals surface area (Å²) in [5.74, 6) is 7.03. The molecule has 1 aromatic carbocycles. The van der Waals surface area contributed by atoms with Crippen molar-refractivity contribution in [3.8, 4) is 23.2 Å². The number of hydrogen-bond donors (Lipinski definition) is 2. The lowest BCUT2D eigenvalue weighted by Crippen LogP contribution is -2.20. The Hall–Kier alpha value is -3.82. The fraction of sp³-hybridized carbons (Fsp3) is 0.130. The molecule has 29 heavy (non-hydrogen) atoms. The van der Waals surface area contributed by atoms with Crippen LogP contribution in [0.3, 0.4) is 0 Å². The lowest BCUT2D eigenvalue weighted by molar-refractivity contribution is 0.0982. The van der Waals surface area contributed by atoms with Crippen LogP contribution in [0.1, 0.15) is 23.2 Å². The number of benzene rings is 1. The fourth-order valence-corrected chi connectivity index (χ4v) is 3.60. The zero-order valence-electron chi connectivity index (χ0n) is 15.5. The molecule has 0 aliphatic heterocycles. The average molecular weight is 379 g/mol. The zero-order valence-corrected chi connectivity index (χ0v) is 15.5. The summed E-state index contributed by atoms with van der Waals surface area (Å²) in [5.41, 5.74) is 8.64. The van der Waals surface area contributed by atoms with Gasteiger partial charge in [-0.25, -0.2) is 15.0 Å². The smallest absolute Gasteiger partial charge is 0.168 e. The summed E-state index contributed by atoms with van der Waals surface area (Å²) in [4.78, 5) is 17.4. The summed E-state index contributed by atoms with van der Waals surface area (Å²) in [6, 6.07) is 13.3. The number of hydrogen-bond acceptors (Lipinski definition) is 6. The molecule has 1 aliphatic rings. The maximum absolute atomic E-state index is 11.0. The number of anilines is 1. The van der Waals surface area contributed by atoms with Crippen LogP contribution < -0.4 is 5.73 Å². The summed E-state index contributed by atoms with van der Waals surface area (Å²) in [6.45, 7) is 0. The molecule has 5 rings (SSSR count). The highest BCUT2D eigenvalue weighted by Crippen LogP contribution is 2.34. The van der Waals surface area contributed by atoms with Crippen molar-refractivity contribution in [2.24, 2.45) is 0 Å². The largest absolute Gasteiger partial charge is 0.382 e. The molecule has 0 saturated heterocycles. The van der Waals surface area contributed by atoms with E-state index in [1.165, 1.54) is 0 Å². The number of nitrogen functional groups attached to an aromatic ring is 1. The first kappa shape index (κ1) is 17.3. The maximum Gasteiger partial charge on any atom is 0.168 e. The van der Waals surface area contributed by atoms with Crippen molar-refractivity contribution in [1.82, 2.24) is 19.9 Å². The number of aryl methyl sites for hydroxylation is 1. The van der Waals surface area contributed by atoms with Crippen LogP contribution in [0.5, 0.6) is 0 Å². The highest BCUT2D eigenvalue weighted by molar-refractivity contribution is 5.87. The van der Waals surface area contributed by atoms with Gasteiger partial charge < -0.3 is 10.8 Å². The van der Waals surface area contributed by atoms with Gasteiger partial charge in [0.05, 0.1) is 5.69 Å². The van der Waals surface area contributed by atoms with E-state index in [1.807, 2.05) is 42.5 Å². The van der Waals surface area contributed by atoms with Crippen molar-refractivity contribution in [3.05, 3.63) is 77.9 Å². The second-order valence-electron chi connectivity index (χ2n) is 7.03. The van der Waals surface area contributed by atoms with E-state index in [2.05, 4.69) is 31.8 Å². The molecule has 0 radical (unpaired) electrons. The van der Waals surface area contributed by atoms with Gasteiger partial charge in [0, 0.05) is 35.1 Å². The second kappa shape index (κ2) is 6.66. The Morgan fingerprint density at radius 1 is 1.03 bits per heavy atom. The molecule has 4 aromatic rings. The summed E-state index contributed by atoms with van der Waals surface area (Å²) in [7, 11) is 0. The number of fused-ring (bicyclic) bond motifs is 2. The van der Waals surface area contributed by atoms with Crippen LogP contribution in [0.25, 0.3) is 22.3 Å². The predicted molar refractivity (Wildman–Crippen MR) is 111 cm³/mol. The van der Waals surface area contributed by atoms with Gasteiger partial charge in [0.15, 0.2) is 11.4 Å². The summed E-state index contributed by atoms with van der Waals surface area (Å²) in [6.07, 6.45) is 6.38. The van der Waals surface area contributed by atoms with E-state index >= 15 is 0 Å². The molecule has 1 atom stereocenters. The minimum absolute atomic E-state index is 0.372. The number of nitrogens with two attached hydrogens (primary N) is 1. The van der Waals surface area contributed by atoms with Crippen molar-refractivity contribution in [2.45, 2.75) is 18.4 Å². The molecule has 6 nitrogen and oxygen atoms in total. The standard InChI is InChI=1S/C23H17N5O/c24-21-19-18(8-12-26-21)14-27-22(28-19)17-4-1-3-15(13-17)6-9-23(29)10-7-16-5-2-11-25-20(16)23/h1-5,8,11-14,29H,7,10H2,(H2,24,26)/t23-/m0/s1. The van der Waals surface area contributed by atoms with E-state index in [0.717, 1.165) is 28.5 Å². The Morgan fingerprint density at radius 2 is 1.97 bits per heavy atom. The van der Waals surface area contributed by atoms with Gasteiger partial charge in [0.1, 0.15) is 11.3 Å². The van der Waals surface area contributed by atoms with Crippen LogP contribution in [-0.4, -0.2) is 25.0 Å². The SMILES string of the molecule is Nc1nccc2cnc(-c3cccc(C#C[C@]4(O)CCc5cccnc54)c3)nc12. The number of aliphatic hydroxyl groups is 1. The minimum atomic E-state index is -1.22. The Balaban J connectivity index is 1.51. The molecule has 0 amide bonds. The fourth-order valence-electron chi connectivity index (χ4n) is 3.60. The van der Waals surface area contributed by atoms with Gasteiger partial charge in [-0.1, -0.05) is 30.0 Å². The van der Waals surface area contributed by atoms with Gasteiger partial charge in [0.2, 0.25) is 0 Å². The monoisotopic (exact) mass is 379 g/mol. The third-order valence-corrected chi connectivity index (χ3v) is 5.10. The molecule has 0 unspecified atom stereocenters. The lowest BCUT2D eigenvalue weighted by atomic mass is 10.0. The second-order valence-corrected chi connectivity index (χ2v) is 7.03. The molecule has 140 valence electrons. The van der Waals surface area contributed by atoms with Gasteiger partial charge in [-0.15, -0.1) is 0 Å². The third-order valence-electron chi connectivity index (χ3n) is 5.10. The molecule has 6 heteroatoms. The predicted octanol–water partition coefficient (Wildman–Crippen LogP) is 2.85. The Morgan fingerprint density at radius 3 is 2.90 bits per heavy atom. The van der Waals surface area contributed by atoms with E-state index < -0.39 is 5.60 Å². The molecule has 3 aromatic heterocycles. The summed E-state index contributed by atoms with van der Waals surface area (Å²) < 4.78 is 0. The first-order chi connectivity index (χ1) is 14.1. The van der Waals surface area contributed by atoms with E-state index in [1.54, 1.807) is 18.6 Å². The Kier molecular flexibility index (Phi) is 3.97. The van der Waals surface area contributed by atoms with E-state index in [0.29, 0.717) is 29.3 Å². The minimum Gasteiger partial charge on any atom is -0.382 e. The summed E-state index contributed by atoms with van der Waals surface area (Å²) >= 11 is 0. The topological polar surface area (TPSA) is 97.8 Å². The first-order valence-corrected chi connectivity index (χ1v) is 9.30. The quantitative estimate of drug-likeness (QED) is 0.494. The van der Waals surface area contributed by atoms with Crippen molar-refractivity contribution < 1.29 is 5.11 Å². The van der Waals surface area contributed by atoms with E-state index in [4.69, 9.17) is 5.73 Å². The molecule has 0 fully saturated rings. The van der Waals surface area contributed by atoms with Crippen molar-refractivity contribution >= 4 is 16.7 Å². The van der Waals surface area contributed by atoms with E-state index in [-0.39, 0.29) is 0 Å². The summed E-state index contributed by atoms with van der Waals surface area (Å²) in [5, 5.41) is 11.8. The van der Waals surface area contributed by atoms with Gasteiger partial charge >= 0.3 is 0 Å². The zero-order chi connectivity index (χ0) is 19.8. The molecule has 0 bridgehead atoms. The van der Waals surface area contributed by atoms with Gasteiger partial charge in [0.25, 0.3) is 0 Å². The number of aromatic nitrogens is 4. The molecule has 1 aliphatic carbocycles. The third kappa shape index (κ3) is 3.08.